The van der Waals surface area contributed by atoms with Crippen LogP contribution in [0.2, 0.25) is 0 Å². The number of nitrogens with two attached hydrogens (primary N) is 1. The Hall–Kier alpha value is -2.38. The third-order valence-electron chi connectivity index (χ3n) is 3.70. The average Bonchev–Trinajstić information content (AvgIpc) is 2.82. The Morgan fingerprint density at radius 3 is 2.59 bits per heavy atom. The van der Waals surface area contributed by atoms with Gasteiger partial charge < -0.3 is 10.5 Å². The quantitative estimate of drug-likeness (QED) is 0.719. The van der Waals surface area contributed by atoms with Crippen LogP contribution in [0.25, 0.3) is 11.1 Å². The molecule has 0 aromatic heterocycles. The van der Waals surface area contributed by atoms with Gasteiger partial charge in [0.15, 0.2) is 0 Å². The number of ether oxygens (including phenoxy) is 1. The molecular formula is C15H13NO5S. The molecule has 0 heterocycles. The lowest BCUT2D eigenvalue weighted by molar-refractivity contribution is 0.149. The zero-order valence-electron chi connectivity index (χ0n) is 11.4. The van der Waals surface area contributed by atoms with E-state index in [1.807, 2.05) is 24.3 Å². The van der Waals surface area contributed by atoms with E-state index in [1.54, 1.807) is 6.07 Å². The van der Waals surface area contributed by atoms with Crippen LogP contribution in [-0.2, 0) is 27.9 Å². The predicted octanol–water partition coefficient (Wildman–Crippen LogP) is 2.10. The Balaban J connectivity index is 2.19. The molecule has 0 spiro atoms. The molecule has 6 nitrogen and oxygen atoms in total. The van der Waals surface area contributed by atoms with Crippen molar-refractivity contribution in [3.05, 3.63) is 53.1 Å². The molecule has 2 aromatic carbocycles. The summed E-state index contributed by atoms with van der Waals surface area (Å²) in [7, 11) is -4.42. The molecule has 0 radical (unpaired) electrons. The zero-order chi connectivity index (χ0) is 15.9. The Labute approximate surface area is 127 Å². The molecule has 0 aliphatic heterocycles. The molecule has 0 fully saturated rings. The lowest BCUT2D eigenvalue weighted by Gasteiger charge is -2.12. The highest BCUT2D eigenvalue weighted by atomic mass is 32.2. The number of rotatable bonds is 3. The van der Waals surface area contributed by atoms with Gasteiger partial charge in [0.1, 0.15) is 11.5 Å². The number of hydrogen-bond donors (Lipinski definition) is 2. The smallest absolute Gasteiger partial charge is 0.404 e. The average molecular weight is 319 g/mol. The SMILES string of the molecule is NC(=O)OCc1c(S(=O)(=O)O)ccc2c1Cc1ccccc1-2. The van der Waals surface area contributed by atoms with E-state index in [9.17, 15) is 17.8 Å². The van der Waals surface area contributed by atoms with Gasteiger partial charge in [0.25, 0.3) is 10.1 Å². The fourth-order valence-corrected chi connectivity index (χ4v) is 3.53. The van der Waals surface area contributed by atoms with Crippen molar-refractivity contribution in [2.24, 2.45) is 5.73 Å². The largest absolute Gasteiger partial charge is 0.445 e. The lowest BCUT2D eigenvalue weighted by Crippen LogP contribution is -2.15. The highest BCUT2D eigenvalue weighted by Crippen LogP contribution is 2.40. The van der Waals surface area contributed by atoms with Crippen LogP contribution in [0.1, 0.15) is 16.7 Å². The summed E-state index contributed by atoms with van der Waals surface area (Å²) in [6, 6.07) is 10.6. The van der Waals surface area contributed by atoms with E-state index in [0.29, 0.717) is 6.42 Å². The molecule has 1 aliphatic rings. The molecule has 114 valence electrons. The van der Waals surface area contributed by atoms with E-state index >= 15 is 0 Å². The van der Waals surface area contributed by atoms with Gasteiger partial charge in [-0.3, -0.25) is 4.55 Å². The van der Waals surface area contributed by atoms with Crippen molar-refractivity contribution in [3.8, 4) is 11.1 Å². The van der Waals surface area contributed by atoms with Crippen LogP contribution in [0.5, 0.6) is 0 Å². The summed E-state index contributed by atoms with van der Waals surface area (Å²) in [5.74, 6) is 0. The van der Waals surface area contributed by atoms with Crippen LogP contribution in [-0.4, -0.2) is 19.1 Å². The Bertz CT molecular complexity index is 873. The fraction of sp³-hybridized carbons (Fsp3) is 0.133. The third-order valence-corrected chi connectivity index (χ3v) is 4.64. The van der Waals surface area contributed by atoms with Crippen LogP contribution < -0.4 is 5.73 Å². The van der Waals surface area contributed by atoms with E-state index in [-0.39, 0.29) is 17.1 Å². The summed E-state index contributed by atoms with van der Waals surface area (Å²) in [6.07, 6.45) is -0.499. The standard InChI is InChI=1S/C15H13NO5S/c16-15(17)21-8-13-12-7-9-3-1-2-4-10(9)11(12)5-6-14(13)22(18,19)20/h1-6H,7-8H2,(H2,16,17)(H,18,19,20). The fourth-order valence-electron chi connectivity index (χ4n) is 2.80. The number of carbonyl (C=O) groups excluding carboxylic acids is 1. The molecule has 7 heteroatoms. The minimum absolute atomic E-state index is 0.259. The van der Waals surface area contributed by atoms with Gasteiger partial charge in [-0.25, -0.2) is 4.79 Å². The summed E-state index contributed by atoms with van der Waals surface area (Å²) < 4.78 is 37.2. The molecular weight excluding hydrogens is 306 g/mol. The van der Waals surface area contributed by atoms with Crippen molar-refractivity contribution in [2.75, 3.05) is 0 Å². The summed E-state index contributed by atoms with van der Waals surface area (Å²) in [5, 5.41) is 0. The molecule has 3 N–H and O–H groups in total. The molecule has 0 unspecified atom stereocenters. The minimum atomic E-state index is -4.42. The summed E-state index contributed by atoms with van der Waals surface area (Å²) in [5.41, 5.74) is 8.85. The van der Waals surface area contributed by atoms with Gasteiger partial charge in [-0.15, -0.1) is 0 Å². The van der Waals surface area contributed by atoms with Crippen molar-refractivity contribution >= 4 is 16.2 Å². The van der Waals surface area contributed by atoms with E-state index in [0.717, 1.165) is 22.3 Å². The van der Waals surface area contributed by atoms with E-state index in [1.165, 1.54) is 6.07 Å². The lowest BCUT2D eigenvalue weighted by atomic mass is 10.0. The number of fused-ring (bicyclic) bond motifs is 3. The second-order valence-corrected chi connectivity index (χ2v) is 6.38. The van der Waals surface area contributed by atoms with E-state index < -0.39 is 16.2 Å². The zero-order valence-corrected chi connectivity index (χ0v) is 12.3. The van der Waals surface area contributed by atoms with Gasteiger partial charge in [-0.05, 0) is 34.7 Å². The van der Waals surface area contributed by atoms with Crippen LogP contribution in [0.3, 0.4) is 0 Å². The summed E-state index contributed by atoms with van der Waals surface area (Å²) >= 11 is 0. The van der Waals surface area contributed by atoms with Gasteiger partial charge >= 0.3 is 6.09 Å². The van der Waals surface area contributed by atoms with Crippen LogP contribution in [0.4, 0.5) is 4.79 Å². The normalized spacial score (nSPS) is 12.6. The first-order valence-electron chi connectivity index (χ1n) is 6.50. The first-order valence-corrected chi connectivity index (χ1v) is 7.94. The molecule has 0 saturated heterocycles. The van der Waals surface area contributed by atoms with Crippen LogP contribution >= 0.6 is 0 Å². The summed E-state index contributed by atoms with van der Waals surface area (Å²) in [4.78, 5) is 10.6. The minimum Gasteiger partial charge on any atom is -0.445 e. The maximum atomic E-state index is 11.6. The molecule has 1 aliphatic carbocycles. The van der Waals surface area contributed by atoms with Crippen molar-refractivity contribution in [1.82, 2.24) is 0 Å². The number of amides is 1. The van der Waals surface area contributed by atoms with Crippen molar-refractivity contribution in [2.45, 2.75) is 17.9 Å². The van der Waals surface area contributed by atoms with Crippen LogP contribution in [0.15, 0.2) is 41.3 Å². The van der Waals surface area contributed by atoms with Crippen molar-refractivity contribution in [3.63, 3.8) is 0 Å². The molecule has 0 atom stereocenters. The molecule has 2 aromatic rings. The van der Waals surface area contributed by atoms with Crippen molar-refractivity contribution in [1.29, 1.82) is 0 Å². The van der Waals surface area contributed by atoms with Gasteiger partial charge in [-0.2, -0.15) is 8.42 Å². The molecule has 0 bridgehead atoms. The first-order chi connectivity index (χ1) is 10.4. The maximum absolute atomic E-state index is 11.6. The molecule has 1 amide bonds. The first kappa shape index (κ1) is 14.6. The highest BCUT2D eigenvalue weighted by Gasteiger charge is 2.27. The van der Waals surface area contributed by atoms with Gasteiger partial charge in [0, 0.05) is 5.56 Å². The number of hydrogen-bond acceptors (Lipinski definition) is 4. The highest BCUT2D eigenvalue weighted by molar-refractivity contribution is 7.85. The Morgan fingerprint density at radius 2 is 1.91 bits per heavy atom. The number of benzene rings is 2. The van der Waals surface area contributed by atoms with Crippen LogP contribution in [0, 0.1) is 0 Å². The maximum Gasteiger partial charge on any atom is 0.404 e. The van der Waals surface area contributed by atoms with Gasteiger partial charge in [0.2, 0.25) is 0 Å². The second kappa shape index (κ2) is 5.11. The third kappa shape index (κ3) is 2.44. The topological polar surface area (TPSA) is 107 Å². The monoisotopic (exact) mass is 319 g/mol. The molecule has 22 heavy (non-hydrogen) atoms. The van der Waals surface area contributed by atoms with E-state index in [2.05, 4.69) is 0 Å². The van der Waals surface area contributed by atoms with Crippen molar-refractivity contribution < 1.29 is 22.5 Å². The molecule has 3 rings (SSSR count). The summed E-state index contributed by atoms with van der Waals surface area (Å²) in [6.45, 7) is -0.304. The Morgan fingerprint density at radius 1 is 1.18 bits per heavy atom. The molecule has 0 saturated carbocycles. The number of carbonyl (C=O) groups is 1. The number of primary amides is 1. The van der Waals surface area contributed by atoms with Gasteiger partial charge in [0.05, 0.1) is 0 Å². The van der Waals surface area contributed by atoms with E-state index in [4.69, 9.17) is 10.5 Å². The predicted molar refractivity (Wildman–Crippen MR) is 78.9 cm³/mol. The Kier molecular flexibility index (Phi) is 3.38. The van der Waals surface area contributed by atoms with Gasteiger partial charge in [-0.1, -0.05) is 30.3 Å². The second-order valence-electron chi connectivity index (χ2n) is 4.99.